The van der Waals surface area contributed by atoms with Crippen molar-refractivity contribution in [3.63, 3.8) is 0 Å². The molecule has 4 amide bonds. The van der Waals surface area contributed by atoms with Crippen molar-refractivity contribution in [2.75, 3.05) is 18.8 Å². The van der Waals surface area contributed by atoms with Crippen molar-refractivity contribution in [1.29, 1.82) is 0 Å². The van der Waals surface area contributed by atoms with Crippen LogP contribution < -0.4 is 10.6 Å². The maximum absolute atomic E-state index is 12.1. The number of amides is 4. The average molecular weight is 363 g/mol. The van der Waals surface area contributed by atoms with E-state index < -0.39 is 5.54 Å². The molecule has 0 radical (unpaired) electrons. The van der Waals surface area contributed by atoms with Crippen molar-refractivity contribution in [3.8, 4) is 0 Å². The number of thioether (sulfide) groups is 1. The molecule has 7 heteroatoms. The summed E-state index contributed by atoms with van der Waals surface area (Å²) in [6.45, 7) is 6.10. The summed E-state index contributed by atoms with van der Waals surface area (Å²) in [6, 6.07) is 9.62. The van der Waals surface area contributed by atoms with E-state index in [1.54, 1.807) is 13.8 Å². The summed E-state index contributed by atoms with van der Waals surface area (Å²) < 4.78 is 0. The first kappa shape index (κ1) is 19.3. The largest absolute Gasteiger partial charge is 0.355 e. The van der Waals surface area contributed by atoms with Gasteiger partial charge in [0.05, 0.1) is 5.25 Å². The molecule has 25 heavy (non-hydrogen) atoms. The van der Waals surface area contributed by atoms with Crippen LogP contribution in [0.2, 0.25) is 0 Å². The zero-order chi connectivity index (χ0) is 18.4. The third-order valence-corrected chi connectivity index (χ3v) is 5.18. The normalized spacial score (nSPS) is 17.3. The Morgan fingerprint density at radius 3 is 2.56 bits per heavy atom. The highest BCUT2D eigenvalue weighted by Crippen LogP contribution is 2.18. The minimum atomic E-state index is -0.845. The summed E-state index contributed by atoms with van der Waals surface area (Å²) in [7, 11) is 0. The number of carbonyl (C=O) groups is 3. The monoisotopic (exact) mass is 363 g/mol. The molecule has 1 aliphatic heterocycles. The summed E-state index contributed by atoms with van der Waals surface area (Å²) in [5, 5.41) is 5.33. The van der Waals surface area contributed by atoms with Crippen molar-refractivity contribution >= 4 is 29.6 Å². The van der Waals surface area contributed by atoms with E-state index in [0.717, 1.165) is 6.42 Å². The molecule has 0 spiro atoms. The maximum Gasteiger partial charge on any atom is 0.325 e. The van der Waals surface area contributed by atoms with Gasteiger partial charge in [-0.15, -0.1) is 11.8 Å². The van der Waals surface area contributed by atoms with Crippen molar-refractivity contribution in [1.82, 2.24) is 15.5 Å². The highest BCUT2D eigenvalue weighted by Gasteiger charge is 2.43. The molecule has 1 aromatic rings. The standard InChI is InChI=1S/C18H25N3O3S/c1-13(15(22)19-10-9-14-7-5-4-6-8-14)25-12-11-21-16(23)18(2,3)20-17(21)24/h4-8,13H,9-12H2,1-3H3,(H,19,22)(H,20,24). The van der Waals surface area contributed by atoms with Gasteiger partial charge in [0.2, 0.25) is 5.91 Å². The summed E-state index contributed by atoms with van der Waals surface area (Å²) in [6.07, 6.45) is 0.793. The second-order valence-corrected chi connectivity index (χ2v) is 8.00. The number of benzene rings is 1. The molecule has 1 fully saturated rings. The van der Waals surface area contributed by atoms with Crippen LogP contribution in [0.15, 0.2) is 30.3 Å². The first-order valence-electron chi connectivity index (χ1n) is 8.38. The Morgan fingerprint density at radius 2 is 1.96 bits per heavy atom. The highest BCUT2D eigenvalue weighted by atomic mass is 32.2. The quantitative estimate of drug-likeness (QED) is 0.691. The van der Waals surface area contributed by atoms with Crippen LogP contribution in [0.25, 0.3) is 0 Å². The fraction of sp³-hybridized carbons (Fsp3) is 0.500. The minimum absolute atomic E-state index is 0.0292. The van der Waals surface area contributed by atoms with E-state index in [0.29, 0.717) is 18.8 Å². The Kier molecular flexibility index (Phi) is 6.47. The Hall–Kier alpha value is -2.02. The lowest BCUT2D eigenvalue weighted by Gasteiger charge is -2.17. The van der Waals surface area contributed by atoms with E-state index in [1.165, 1.54) is 22.2 Å². The number of urea groups is 1. The SMILES string of the molecule is CC(SCCN1C(=O)NC(C)(C)C1=O)C(=O)NCCc1ccccc1. The topological polar surface area (TPSA) is 78.5 Å². The van der Waals surface area contributed by atoms with Gasteiger partial charge < -0.3 is 10.6 Å². The molecule has 1 saturated heterocycles. The zero-order valence-corrected chi connectivity index (χ0v) is 15.7. The second-order valence-electron chi connectivity index (χ2n) is 6.55. The molecule has 1 aliphatic rings. The van der Waals surface area contributed by atoms with Crippen LogP contribution in [-0.4, -0.2) is 52.4 Å². The first-order chi connectivity index (χ1) is 11.8. The van der Waals surface area contributed by atoms with Crippen LogP contribution in [0.5, 0.6) is 0 Å². The third kappa shape index (κ3) is 5.22. The van der Waals surface area contributed by atoms with Gasteiger partial charge in [0.1, 0.15) is 5.54 Å². The molecule has 1 heterocycles. The van der Waals surface area contributed by atoms with Crippen molar-refractivity contribution in [3.05, 3.63) is 35.9 Å². The maximum atomic E-state index is 12.1. The van der Waals surface area contributed by atoms with Crippen LogP contribution in [0, 0.1) is 0 Å². The predicted molar refractivity (Wildman–Crippen MR) is 99.4 cm³/mol. The Morgan fingerprint density at radius 1 is 1.28 bits per heavy atom. The fourth-order valence-electron chi connectivity index (χ4n) is 2.54. The molecule has 1 atom stereocenters. The number of nitrogens with one attached hydrogen (secondary N) is 2. The fourth-order valence-corrected chi connectivity index (χ4v) is 3.41. The van der Waals surface area contributed by atoms with E-state index in [4.69, 9.17) is 0 Å². The number of imide groups is 1. The van der Waals surface area contributed by atoms with Gasteiger partial charge >= 0.3 is 6.03 Å². The molecule has 6 nitrogen and oxygen atoms in total. The van der Waals surface area contributed by atoms with Crippen LogP contribution in [0.4, 0.5) is 4.79 Å². The van der Waals surface area contributed by atoms with Gasteiger partial charge in [-0.3, -0.25) is 14.5 Å². The van der Waals surface area contributed by atoms with E-state index >= 15 is 0 Å². The van der Waals surface area contributed by atoms with Crippen LogP contribution >= 0.6 is 11.8 Å². The first-order valence-corrected chi connectivity index (χ1v) is 9.43. The lowest BCUT2D eigenvalue weighted by molar-refractivity contribution is -0.130. The molecule has 0 aliphatic carbocycles. The van der Waals surface area contributed by atoms with E-state index in [-0.39, 0.29) is 23.1 Å². The Bertz CT molecular complexity index is 634. The molecule has 2 N–H and O–H groups in total. The number of nitrogens with zero attached hydrogens (tertiary/aromatic N) is 1. The highest BCUT2D eigenvalue weighted by molar-refractivity contribution is 8.00. The second kappa shape index (κ2) is 8.38. The third-order valence-electron chi connectivity index (χ3n) is 4.05. The molecule has 136 valence electrons. The molecule has 1 unspecified atom stereocenters. The van der Waals surface area contributed by atoms with E-state index in [9.17, 15) is 14.4 Å². The van der Waals surface area contributed by atoms with Crippen LogP contribution in [0.3, 0.4) is 0 Å². The van der Waals surface area contributed by atoms with Gasteiger partial charge in [0, 0.05) is 18.8 Å². The lowest BCUT2D eigenvalue weighted by atomic mass is 10.1. The lowest BCUT2D eigenvalue weighted by Crippen LogP contribution is -2.40. The summed E-state index contributed by atoms with van der Waals surface area (Å²) in [5.41, 5.74) is 0.339. The Balaban J connectivity index is 1.68. The van der Waals surface area contributed by atoms with Gasteiger partial charge in [-0.2, -0.15) is 0 Å². The minimum Gasteiger partial charge on any atom is -0.355 e. The number of rotatable bonds is 8. The van der Waals surface area contributed by atoms with Crippen molar-refractivity contribution in [2.45, 2.75) is 38.0 Å². The van der Waals surface area contributed by atoms with Crippen molar-refractivity contribution in [2.24, 2.45) is 0 Å². The van der Waals surface area contributed by atoms with Gasteiger partial charge in [-0.05, 0) is 32.8 Å². The molecular weight excluding hydrogens is 338 g/mol. The summed E-state index contributed by atoms with van der Waals surface area (Å²) in [5.74, 6) is 0.277. The van der Waals surface area contributed by atoms with Gasteiger partial charge in [0.25, 0.3) is 5.91 Å². The van der Waals surface area contributed by atoms with Crippen LogP contribution in [-0.2, 0) is 16.0 Å². The van der Waals surface area contributed by atoms with E-state index in [2.05, 4.69) is 10.6 Å². The number of carbonyl (C=O) groups excluding carboxylic acids is 3. The zero-order valence-electron chi connectivity index (χ0n) is 14.9. The number of hydrogen-bond donors (Lipinski definition) is 2. The smallest absolute Gasteiger partial charge is 0.325 e. The van der Waals surface area contributed by atoms with Crippen molar-refractivity contribution < 1.29 is 14.4 Å². The predicted octanol–water partition coefficient (Wildman–Crippen LogP) is 1.80. The average Bonchev–Trinajstić information content (AvgIpc) is 2.77. The molecule has 0 aromatic heterocycles. The molecule has 2 rings (SSSR count). The number of hydrogen-bond acceptors (Lipinski definition) is 4. The molecule has 0 saturated carbocycles. The van der Waals surface area contributed by atoms with Gasteiger partial charge in [-0.25, -0.2) is 4.79 Å². The molecular formula is C18H25N3O3S. The Labute approximate surface area is 152 Å². The summed E-state index contributed by atoms with van der Waals surface area (Å²) in [4.78, 5) is 37.2. The van der Waals surface area contributed by atoms with E-state index in [1.807, 2.05) is 37.3 Å². The molecule has 1 aromatic carbocycles. The van der Waals surface area contributed by atoms with Crippen LogP contribution in [0.1, 0.15) is 26.3 Å². The van der Waals surface area contributed by atoms with Gasteiger partial charge in [-0.1, -0.05) is 30.3 Å². The van der Waals surface area contributed by atoms with Gasteiger partial charge in [0.15, 0.2) is 0 Å². The summed E-state index contributed by atoms with van der Waals surface area (Å²) >= 11 is 1.44. The molecule has 0 bridgehead atoms.